The third-order valence-corrected chi connectivity index (χ3v) is 5.78. The molecule has 8 heteroatoms. The lowest BCUT2D eigenvalue weighted by atomic mass is 9.95. The normalized spacial score (nSPS) is 14.9. The second kappa shape index (κ2) is 14.0. The predicted octanol–water partition coefficient (Wildman–Crippen LogP) is 4.92. The van der Waals surface area contributed by atoms with E-state index in [1.54, 1.807) is 32.9 Å². The fraction of sp³-hybridized carbons (Fsp3) is 0.667. The minimum absolute atomic E-state index is 0.0593. The van der Waals surface area contributed by atoms with Gasteiger partial charge in [0.05, 0.1) is 0 Å². The van der Waals surface area contributed by atoms with Crippen molar-refractivity contribution < 1.29 is 24.2 Å². The summed E-state index contributed by atoms with van der Waals surface area (Å²) in [7, 11) is 0. The monoisotopic (exact) mass is 491 g/mol. The smallest absolute Gasteiger partial charge is 0.408 e. The first-order chi connectivity index (χ1) is 16.3. The van der Waals surface area contributed by atoms with E-state index in [4.69, 9.17) is 4.74 Å². The molecule has 0 fully saturated rings. The Hall–Kier alpha value is -2.77. The van der Waals surface area contributed by atoms with Gasteiger partial charge in [0.25, 0.3) is 0 Å². The van der Waals surface area contributed by atoms with Gasteiger partial charge < -0.3 is 25.4 Å². The topological polar surface area (TPSA) is 108 Å². The van der Waals surface area contributed by atoms with E-state index in [-0.39, 0.29) is 29.5 Å². The number of hydrogen-bond acceptors (Lipinski definition) is 5. The van der Waals surface area contributed by atoms with Crippen LogP contribution in [-0.2, 0) is 14.3 Å². The summed E-state index contributed by atoms with van der Waals surface area (Å²) < 4.78 is 5.41. The summed E-state index contributed by atoms with van der Waals surface area (Å²) in [5, 5.41) is 15.6. The lowest BCUT2D eigenvalue weighted by Crippen LogP contribution is -2.55. The van der Waals surface area contributed by atoms with Crippen molar-refractivity contribution in [3.05, 3.63) is 29.8 Å². The van der Waals surface area contributed by atoms with Gasteiger partial charge in [-0.25, -0.2) is 4.79 Å². The van der Waals surface area contributed by atoms with Crippen molar-refractivity contribution in [3.8, 4) is 5.75 Å². The molecule has 4 unspecified atom stereocenters. The van der Waals surface area contributed by atoms with Crippen LogP contribution < -0.4 is 10.6 Å². The lowest BCUT2D eigenvalue weighted by Gasteiger charge is -2.36. The summed E-state index contributed by atoms with van der Waals surface area (Å²) >= 11 is 0. The molecule has 0 radical (unpaired) electrons. The molecule has 1 aromatic carbocycles. The molecule has 0 saturated heterocycles. The van der Waals surface area contributed by atoms with Gasteiger partial charge in [0.15, 0.2) is 0 Å². The molecular weight excluding hydrogens is 446 g/mol. The van der Waals surface area contributed by atoms with Gasteiger partial charge >= 0.3 is 6.09 Å². The molecule has 3 amide bonds. The Morgan fingerprint density at radius 1 is 1.00 bits per heavy atom. The Kier molecular flexibility index (Phi) is 12.1. The highest BCUT2D eigenvalue weighted by molar-refractivity contribution is 5.92. The predicted molar refractivity (Wildman–Crippen MR) is 138 cm³/mol. The fourth-order valence-electron chi connectivity index (χ4n) is 3.86. The van der Waals surface area contributed by atoms with Crippen LogP contribution in [0.1, 0.15) is 92.7 Å². The van der Waals surface area contributed by atoms with E-state index in [9.17, 15) is 19.5 Å². The molecule has 0 saturated carbocycles. The maximum atomic E-state index is 14.0. The van der Waals surface area contributed by atoms with E-state index in [1.807, 2.05) is 34.6 Å². The molecule has 1 rings (SSSR count). The highest BCUT2D eigenvalue weighted by Gasteiger charge is 2.38. The summed E-state index contributed by atoms with van der Waals surface area (Å²) in [6.07, 6.45) is 2.33. The number of phenols is 1. The average molecular weight is 492 g/mol. The van der Waals surface area contributed by atoms with Gasteiger partial charge in [-0.15, -0.1) is 0 Å². The van der Waals surface area contributed by atoms with Crippen LogP contribution in [0.3, 0.4) is 0 Å². The van der Waals surface area contributed by atoms with Crippen LogP contribution in [0.5, 0.6) is 5.75 Å². The van der Waals surface area contributed by atoms with Gasteiger partial charge in [-0.05, 0) is 64.2 Å². The van der Waals surface area contributed by atoms with Crippen LogP contribution in [0.4, 0.5) is 4.79 Å². The fourth-order valence-corrected chi connectivity index (χ4v) is 3.86. The number of amides is 3. The second-order valence-electron chi connectivity index (χ2n) is 10.2. The molecule has 0 spiro atoms. The minimum Gasteiger partial charge on any atom is -0.508 e. The van der Waals surface area contributed by atoms with Crippen molar-refractivity contribution in [1.82, 2.24) is 15.5 Å². The van der Waals surface area contributed by atoms with Crippen LogP contribution in [0.15, 0.2) is 24.3 Å². The largest absolute Gasteiger partial charge is 0.508 e. The first-order valence-corrected chi connectivity index (χ1v) is 12.7. The van der Waals surface area contributed by atoms with Gasteiger partial charge in [-0.1, -0.05) is 52.7 Å². The summed E-state index contributed by atoms with van der Waals surface area (Å²) in [5.74, 6) is -0.747. The SMILES string of the molecule is CCCC(C)NC(=O)C(c1ccc(O)cc1)N(CCC)C(=O)C(NC(=O)OC(C)(C)C)C(C)CC. The van der Waals surface area contributed by atoms with Gasteiger partial charge in [0, 0.05) is 12.6 Å². The van der Waals surface area contributed by atoms with Crippen molar-refractivity contribution in [2.45, 2.75) is 105 Å². The van der Waals surface area contributed by atoms with Gasteiger partial charge in [-0.2, -0.15) is 0 Å². The van der Waals surface area contributed by atoms with Crippen LogP contribution in [0, 0.1) is 5.92 Å². The Morgan fingerprint density at radius 3 is 2.09 bits per heavy atom. The molecule has 198 valence electrons. The van der Waals surface area contributed by atoms with E-state index in [2.05, 4.69) is 10.6 Å². The van der Waals surface area contributed by atoms with Gasteiger partial charge in [0.2, 0.25) is 11.8 Å². The number of carbonyl (C=O) groups excluding carboxylic acids is 3. The summed E-state index contributed by atoms with van der Waals surface area (Å²) in [5.41, 5.74) is -0.119. The third kappa shape index (κ3) is 9.78. The van der Waals surface area contributed by atoms with Gasteiger partial charge in [0.1, 0.15) is 23.4 Å². The van der Waals surface area contributed by atoms with E-state index in [0.29, 0.717) is 24.9 Å². The highest BCUT2D eigenvalue weighted by atomic mass is 16.6. The first-order valence-electron chi connectivity index (χ1n) is 12.7. The Bertz CT molecular complexity index is 819. The highest BCUT2D eigenvalue weighted by Crippen LogP contribution is 2.26. The maximum Gasteiger partial charge on any atom is 0.408 e. The molecule has 0 heterocycles. The van der Waals surface area contributed by atoms with Crippen LogP contribution in [0.2, 0.25) is 0 Å². The molecule has 35 heavy (non-hydrogen) atoms. The number of aromatic hydroxyl groups is 1. The Balaban J connectivity index is 3.43. The van der Waals surface area contributed by atoms with Crippen molar-refractivity contribution in [2.24, 2.45) is 5.92 Å². The molecule has 0 aliphatic heterocycles. The van der Waals surface area contributed by atoms with E-state index >= 15 is 0 Å². The summed E-state index contributed by atoms with van der Waals surface area (Å²) in [4.78, 5) is 41.6. The molecule has 8 nitrogen and oxygen atoms in total. The molecule has 0 bridgehead atoms. The Labute approximate surface area is 210 Å². The number of hydrogen-bond donors (Lipinski definition) is 3. The molecule has 4 atom stereocenters. The van der Waals surface area contributed by atoms with Crippen molar-refractivity contribution in [2.75, 3.05) is 6.54 Å². The maximum absolute atomic E-state index is 14.0. The van der Waals surface area contributed by atoms with Crippen LogP contribution >= 0.6 is 0 Å². The zero-order valence-electron chi connectivity index (χ0n) is 22.7. The summed E-state index contributed by atoms with van der Waals surface area (Å²) in [6.45, 7) is 15.4. The molecule has 0 aliphatic rings. The van der Waals surface area contributed by atoms with Gasteiger partial charge in [-0.3, -0.25) is 9.59 Å². The average Bonchev–Trinajstić information content (AvgIpc) is 2.76. The molecule has 0 aliphatic carbocycles. The van der Waals surface area contributed by atoms with Crippen molar-refractivity contribution in [3.63, 3.8) is 0 Å². The zero-order chi connectivity index (χ0) is 26.8. The molecule has 1 aromatic rings. The van der Waals surface area contributed by atoms with Crippen molar-refractivity contribution in [1.29, 1.82) is 0 Å². The van der Waals surface area contributed by atoms with E-state index in [0.717, 1.165) is 12.8 Å². The number of carbonyl (C=O) groups is 3. The number of ether oxygens (including phenoxy) is 1. The number of nitrogens with zero attached hydrogens (tertiary/aromatic N) is 1. The minimum atomic E-state index is -0.908. The third-order valence-electron chi connectivity index (χ3n) is 5.78. The number of phenolic OH excluding ortho intramolecular Hbond substituents is 1. The number of nitrogens with one attached hydrogen (secondary N) is 2. The quantitative estimate of drug-likeness (QED) is 0.385. The van der Waals surface area contributed by atoms with Crippen molar-refractivity contribution >= 4 is 17.9 Å². The van der Waals surface area contributed by atoms with Crippen LogP contribution in [-0.4, -0.2) is 52.1 Å². The number of alkyl carbamates (subject to hydrolysis) is 1. The molecule has 0 aromatic heterocycles. The van der Waals surface area contributed by atoms with Crippen LogP contribution in [0.25, 0.3) is 0 Å². The standard InChI is InChI=1S/C27H45N3O5/c1-9-12-19(5)28-24(32)23(20-13-15-21(31)16-14-20)30(17-10-2)25(33)22(18(4)11-3)29-26(34)35-27(6,7)8/h13-16,18-19,22-23,31H,9-12,17H2,1-8H3,(H,28,32)(H,29,34). The molecule has 3 N–H and O–H groups in total. The second-order valence-corrected chi connectivity index (χ2v) is 10.2. The van der Waals surface area contributed by atoms with E-state index < -0.39 is 23.8 Å². The zero-order valence-corrected chi connectivity index (χ0v) is 22.7. The summed E-state index contributed by atoms with van der Waals surface area (Å²) in [6, 6.07) is 4.49. The lowest BCUT2D eigenvalue weighted by molar-refractivity contribution is -0.143. The number of rotatable bonds is 12. The Morgan fingerprint density at radius 2 is 1.60 bits per heavy atom. The first kappa shape index (κ1) is 30.3. The van der Waals surface area contributed by atoms with E-state index in [1.165, 1.54) is 17.0 Å². The number of benzene rings is 1. The molecular formula is C27H45N3O5.